The molecule has 0 aliphatic carbocycles. The third-order valence-corrected chi connectivity index (χ3v) is 2.28. The minimum Gasteiger partial charge on any atom is -0.466 e. The number of hydrogen-bond acceptors (Lipinski definition) is 4. The lowest BCUT2D eigenvalue weighted by Gasteiger charge is -2.07. The SMILES string of the molecule is CCCNC(=O)Oc1cccc(CC(=O)OCC)c1. The van der Waals surface area contributed by atoms with Crippen LogP contribution in [-0.2, 0) is 16.0 Å². The van der Waals surface area contributed by atoms with Gasteiger partial charge >= 0.3 is 12.1 Å². The lowest BCUT2D eigenvalue weighted by molar-refractivity contribution is -0.142. The molecule has 1 aromatic carbocycles. The molecule has 0 aliphatic heterocycles. The average Bonchev–Trinajstić information content (AvgIpc) is 2.37. The van der Waals surface area contributed by atoms with E-state index in [1.54, 1.807) is 31.2 Å². The zero-order valence-electron chi connectivity index (χ0n) is 11.3. The van der Waals surface area contributed by atoms with Crippen molar-refractivity contribution in [3.8, 4) is 5.75 Å². The summed E-state index contributed by atoms with van der Waals surface area (Å²) in [5.41, 5.74) is 0.749. The topological polar surface area (TPSA) is 64.6 Å². The summed E-state index contributed by atoms with van der Waals surface area (Å²) in [4.78, 5) is 22.7. The second kappa shape index (κ2) is 8.13. The van der Waals surface area contributed by atoms with Gasteiger partial charge in [-0.3, -0.25) is 4.79 Å². The Morgan fingerprint density at radius 1 is 1.26 bits per heavy atom. The quantitative estimate of drug-likeness (QED) is 0.801. The van der Waals surface area contributed by atoms with Gasteiger partial charge in [-0.1, -0.05) is 19.1 Å². The van der Waals surface area contributed by atoms with Crippen molar-refractivity contribution in [2.24, 2.45) is 0 Å². The predicted molar refractivity (Wildman–Crippen MR) is 71.1 cm³/mol. The number of carbonyl (C=O) groups excluding carboxylic acids is 2. The molecule has 5 heteroatoms. The van der Waals surface area contributed by atoms with Gasteiger partial charge in [-0.2, -0.15) is 0 Å². The molecule has 0 heterocycles. The van der Waals surface area contributed by atoms with E-state index in [0.717, 1.165) is 12.0 Å². The van der Waals surface area contributed by atoms with Crippen LogP contribution in [0.25, 0.3) is 0 Å². The lowest BCUT2D eigenvalue weighted by Crippen LogP contribution is -2.27. The fourth-order valence-corrected chi connectivity index (χ4v) is 1.47. The molecule has 0 saturated carbocycles. The van der Waals surface area contributed by atoms with E-state index in [0.29, 0.717) is 18.9 Å². The summed E-state index contributed by atoms with van der Waals surface area (Å²) in [5.74, 6) is 0.116. The number of amides is 1. The summed E-state index contributed by atoms with van der Waals surface area (Å²) >= 11 is 0. The maximum atomic E-state index is 11.4. The van der Waals surface area contributed by atoms with Gasteiger partial charge < -0.3 is 14.8 Å². The van der Waals surface area contributed by atoms with Crippen molar-refractivity contribution in [3.63, 3.8) is 0 Å². The van der Waals surface area contributed by atoms with E-state index in [1.807, 2.05) is 6.92 Å². The van der Waals surface area contributed by atoms with Crippen molar-refractivity contribution in [1.82, 2.24) is 5.32 Å². The highest BCUT2D eigenvalue weighted by Gasteiger charge is 2.07. The fraction of sp³-hybridized carbons (Fsp3) is 0.429. The third-order valence-electron chi connectivity index (χ3n) is 2.28. The largest absolute Gasteiger partial charge is 0.466 e. The normalized spacial score (nSPS) is 9.79. The van der Waals surface area contributed by atoms with Gasteiger partial charge in [0.05, 0.1) is 13.0 Å². The smallest absolute Gasteiger partial charge is 0.412 e. The van der Waals surface area contributed by atoms with Crippen LogP contribution in [0.5, 0.6) is 5.75 Å². The zero-order valence-corrected chi connectivity index (χ0v) is 11.3. The molecular formula is C14H19NO4. The second-order valence-electron chi connectivity index (χ2n) is 3.95. The molecule has 0 saturated heterocycles. The van der Waals surface area contributed by atoms with Crippen LogP contribution in [0.1, 0.15) is 25.8 Å². The number of carbonyl (C=O) groups is 2. The van der Waals surface area contributed by atoms with Gasteiger partial charge in [0, 0.05) is 6.54 Å². The molecule has 104 valence electrons. The third kappa shape index (κ3) is 5.90. The van der Waals surface area contributed by atoms with Crippen molar-refractivity contribution < 1.29 is 19.1 Å². The van der Waals surface area contributed by atoms with Crippen LogP contribution in [-0.4, -0.2) is 25.2 Å². The van der Waals surface area contributed by atoms with E-state index in [4.69, 9.17) is 9.47 Å². The molecule has 1 aromatic rings. The lowest BCUT2D eigenvalue weighted by atomic mass is 10.1. The van der Waals surface area contributed by atoms with E-state index in [1.165, 1.54) is 0 Å². The van der Waals surface area contributed by atoms with Gasteiger partial charge in [0.1, 0.15) is 5.75 Å². The van der Waals surface area contributed by atoms with Gasteiger partial charge in [0.25, 0.3) is 0 Å². The highest BCUT2D eigenvalue weighted by Crippen LogP contribution is 2.14. The fourth-order valence-electron chi connectivity index (χ4n) is 1.47. The maximum absolute atomic E-state index is 11.4. The Labute approximate surface area is 112 Å². The minimum absolute atomic E-state index is 0.168. The molecule has 0 radical (unpaired) electrons. The highest BCUT2D eigenvalue weighted by atomic mass is 16.6. The number of esters is 1. The molecule has 5 nitrogen and oxygen atoms in total. The van der Waals surface area contributed by atoms with Gasteiger partial charge in [-0.25, -0.2) is 4.79 Å². The standard InChI is InChI=1S/C14H19NO4/c1-3-8-15-14(17)19-12-7-5-6-11(9-12)10-13(16)18-4-2/h5-7,9H,3-4,8,10H2,1-2H3,(H,15,17). The molecule has 1 N–H and O–H groups in total. The Balaban J connectivity index is 2.56. The highest BCUT2D eigenvalue weighted by molar-refractivity contribution is 5.73. The molecule has 0 unspecified atom stereocenters. The van der Waals surface area contributed by atoms with Crippen LogP contribution in [0.4, 0.5) is 4.79 Å². The summed E-state index contributed by atoms with van der Waals surface area (Å²) < 4.78 is 9.96. The maximum Gasteiger partial charge on any atom is 0.412 e. The number of hydrogen-bond donors (Lipinski definition) is 1. The zero-order chi connectivity index (χ0) is 14.1. The van der Waals surface area contributed by atoms with Crippen LogP contribution in [0.15, 0.2) is 24.3 Å². The average molecular weight is 265 g/mol. The molecule has 0 aliphatic rings. The van der Waals surface area contributed by atoms with E-state index < -0.39 is 6.09 Å². The first-order valence-electron chi connectivity index (χ1n) is 6.36. The monoisotopic (exact) mass is 265 g/mol. The molecule has 0 aromatic heterocycles. The van der Waals surface area contributed by atoms with E-state index >= 15 is 0 Å². The van der Waals surface area contributed by atoms with E-state index in [2.05, 4.69) is 5.32 Å². The van der Waals surface area contributed by atoms with Crippen molar-refractivity contribution in [2.75, 3.05) is 13.2 Å². The first-order valence-corrected chi connectivity index (χ1v) is 6.36. The van der Waals surface area contributed by atoms with Crippen molar-refractivity contribution >= 4 is 12.1 Å². The first kappa shape index (κ1) is 15.0. The number of rotatable bonds is 6. The van der Waals surface area contributed by atoms with Crippen molar-refractivity contribution in [3.05, 3.63) is 29.8 Å². The Morgan fingerprint density at radius 2 is 2.05 bits per heavy atom. The summed E-state index contributed by atoms with van der Waals surface area (Å²) in [6, 6.07) is 6.84. The van der Waals surface area contributed by atoms with Crippen LogP contribution >= 0.6 is 0 Å². The molecular weight excluding hydrogens is 246 g/mol. The number of benzene rings is 1. The first-order chi connectivity index (χ1) is 9.15. The molecule has 0 bridgehead atoms. The molecule has 1 amide bonds. The summed E-state index contributed by atoms with van der Waals surface area (Å²) in [7, 11) is 0. The molecule has 1 rings (SSSR count). The van der Waals surface area contributed by atoms with Crippen molar-refractivity contribution in [1.29, 1.82) is 0 Å². The van der Waals surface area contributed by atoms with Gasteiger partial charge in [-0.15, -0.1) is 0 Å². The van der Waals surface area contributed by atoms with E-state index in [9.17, 15) is 9.59 Å². The Hall–Kier alpha value is -2.04. The molecule has 19 heavy (non-hydrogen) atoms. The van der Waals surface area contributed by atoms with Gasteiger partial charge in [0.15, 0.2) is 0 Å². The molecule has 0 spiro atoms. The minimum atomic E-state index is -0.491. The Bertz CT molecular complexity index is 431. The van der Waals surface area contributed by atoms with Gasteiger partial charge in [0.2, 0.25) is 0 Å². The summed E-state index contributed by atoms with van der Waals surface area (Å²) in [6.45, 7) is 4.64. The van der Waals surface area contributed by atoms with Crippen molar-refractivity contribution in [2.45, 2.75) is 26.7 Å². The Morgan fingerprint density at radius 3 is 2.74 bits per heavy atom. The summed E-state index contributed by atoms with van der Waals surface area (Å²) in [6.07, 6.45) is 0.523. The van der Waals surface area contributed by atoms with Gasteiger partial charge in [-0.05, 0) is 31.0 Å². The van der Waals surface area contributed by atoms with E-state index in [-0.39, 0.29) is 12.4 Å². The van der Waals surface area contributed by atoms with Crippen LogP contribution in [0.3, 0.4) is 0 Å². The number of nitrogens with one attached hydrogen (secondary N) is 1. The number of ether oxygens (including phenoxy) is 2. The van der Waals surface area contributed by atoms with Crippen LogP contribution < -0.4 is 10.1 Å². The second-order valence-corrected chi connectivity index (χ2v) is 3.95. The van der Waals surface area contributed by atoms with Crippen LogP contribution in [0, 0.1) is 0 Å². The Kier molecular flexibility index (Phi) is 6.43. The summed E-state index contributed by atoms with van der Waals surface area (Å²) in [5, 5.41) is 2.61. The molecule has 0 atom stereocenters. The predicted octanol–water partition coefficient (Wildman–Crippen LogP) is 2.29. The van der Waals surface area contributed by atoms with Crippen LogP contribution in [0.2, 0.25) is 0 Å². The molecule has 0 fully saturated rings.